The molecule has 0 unspecified atom stereocenters. The first-order chi connectivity index (χ1) is 13.1. The average Bonchev–Trinajstić information content (AvgIpc) is 3.17. The van der Waals surface area contributed by atoms with Gasteiger partial charge in [-0.2, -0.15) is 0 Å². The Morgan fingerprint density at radius 3 is 2.19 bits per heavy atom. The molecule has 7 nitrogen and oxygen atoms in total. The molecule has 1 amide bonds. The number of hydrogen-bond acceptors (Lipinski definition) is 7. The summed E-state index contributed by atoms with van der Waals surface area (Å²) < 4.78 is 15.9. The summed E-state index contributed by atoms with van der Waals surface area (Å²) in [5.41, 5.74) is 1.48. The van der Waals surface area contributed by atoms with E-state index in [-0.39, 0.29) is 5.91 Å². The highest BCUT2D eigenvalue weighted by atomic mass is 32.2. The van der Waals surface area contributed by atoms with E-state index in [1.165, 1.54) is 11.8 Å². The minimum atomic E-state index is -0.406. The first kappa shape index (κ1) is 18.8. The number of methoxy groups -OCH3 is 2. The number of hydrogen-bond donors (Lipinski definition) is 1. The normalized spacial score (nSPS) is 11.7. The Bertz CT molecular complexity index is 894. The van der Waals surface area contributed by atoms with E-state index in [0.717, 1.165) is 17.1 Å². The van der Waals surface area contributed by atoms with Gasteiger partial charge in [-0.05, 0) is 55.5 Å². The van der Waals surface area contributed by atoms with Crippen molar-refractivity contribution in [3.63, 3.8) is 0 Å². The van der Waals surface area contributed by atoms with Crippen molar-refractivity contribution in [1.29, 1.82) is 0 Å². The van der Waals surface area contributed by atoms with Crippen LogP contribution in [-0.2, 0) is 4.79 Å². The molecule has 0 radical (unpaired) electrons. The highest BCUT2D eigenvalue weighted by Gasteiger charge is 2.19. The standard InChI is InChI=1S/C19H19N3O4S/c1-12(17(23)20-14-6-10-16(25-3)11-7-14)27-19-22-21-18(26-19)13-4-8-15(24-2)9-5-13/h4-12H,1-3H3,(H,20,23)/t12-/m1/s1. The van der Waals surface area contributed by atoms with Gasteiger partial charge in [0.15, 0.2) is 0 Å². The number of benzene rings is 2. The second-order valence-corrected chi connectivity index (χ2v) is 6.87. The highest BCUT2D eigenvalue weighted by Crippen LogP contribution is 2.27. The summed E-state index contributed by atoms with van der Waals surface area (Å²) in [7, 11) is 3.20. The largest absolute Gasteiger partial charge is 0.497 e. The summed E-state index contributed by atoms with van der Waals surface area (Å²) in [6, 6.07) is 14.4. The molecule has 3 aromatic rings. The van der Waals surface area contributed by atoms with Crippen LogP contribution >= 0.6 is 11.8 Å². The third kappa shape index (κ3) is 4.79. The lowest BCUT2D eigenvalue weighted by Crippen LogP contribution is -2.22. The number of anilines is 1. The molecule has 140 valence electrons. The number of nitrogens with zero attached hydrogens (tertiary/aromatic N) is 2. The number of amides is 1. The highest BCUT2D eigenvalue weighted by molar-refractivity contribution is 8.00. The molecule has 0 spiro atoms. The van der Waals surface area contributed by atoms with Gasteiger partial charge in [0.25, 0.3) is 5.22 Å². The number of aromatic nitrogens is 2. The van der Waals surface area contributed by atoms with Crippen molar-refractivity contribution in [2.75, 3.05) is 19.5 Å². The first-order valence-electron chi connectivity index (χ1n) is 8.18. The van der Waals surface area contributed by atoms with Crippen LogP contribution in [0, 0.1) is 0 Å². The fraction of sp³-hybridized carbons (Fsp3) is 0.211. The monoisotopic (exact) mass is 385 g/mol. The van der Waals surface area contributed by atoms with E-state index in [2.05, 4.69) is 15.5 Å². The van der Waals surface area contributed by atoms with Crippen molar-refractivity contribution in [3.05, 3.63) is 48.5 Å². The molecule has 2 aromatic carbocycles. The van der Waals surface area contributed by atoms with Crippen LogP contribution in [0.1, 0.15) is 6.92 Å². The minimum absolute atomic E-state index is 0.158. The summed E-state index contributed by atoms with van der Waals surface area (Å²) in [6.07, 6.45) is 0. The maximum Gasteiger partial charge on any atom is 0.277 e. The zero-order valence-electron chi connectivity index (χ0n) is 15.1. The number of nitrogens with one attached hydrogen (secondary N) is 1. The Labute approximate surface area is 161 Å². The average molecular weight is 385 g/mol. The van der Waals surface area contributed by atoms with Crippen molar-refractivity contribution < 1.29 is 18.7 Å². The molecule has 1 aromatic heterocycles. The van der Waals surface area contributed by atoms with Gasteiger partial charge in [0.1, 0.15) is 11.5 Å². The summed E-state index contributed by atoms with van der Waals surface area (Å²) in [4.78, 5) is 12.4. The molecule has 0 aliphatic carbocycles. The number of carbonyl (C=O) groups is 1. The Hall–Kier alpha value is -3.00. The van der Waals surface area contributed by atoms with E-state index in [0.29, 0.717) is 16.8 Å². The zero-order valence-corrected chi connectivity index (χ0v) is 15.9. The van der Waals surface area contributed by atoms with E-state index in [1.807, 2.05) is 24.3 Å². The lowest BCUT2D eigenvalue weighted by molar-refractivity contribution is -0.115. The van der Waals surface area contributed by atoms with Gasteiger partial charge in [-0.25, -0.2) is 0 Å². The molecule has 1 N–H and O–H groups in total. The minimum Gasteiger partial charge on any atom is -0.497 e. The van der Waals surface area contributed by atoms with Crippen LogP contribution < -0.4 is 14.8 Å². The van der Waals surface area contributed by atoms with Crippen LogP contribution in [0.25, 0.3) is 11.5 Å². The fourth-order valence-electron chi connectivity index (χ4n) is 2.23. The van der Waals surface area contributed by atoms with Crippen molar-refractivity contribution in [2.24, 2.45) is 0 Å². The van der Waals surface area contributed by atoms with Gasteiger partial charge in [-0.15, -0.1) is 10.2 Å². The van der Waals surface area contributed by atoms with Crippen LogP contribution in [0.4, 0.5) is 5.69 Å². The zero-order chi connectivity index (χ0) is 19.2. The van der Waals surface area contributed by atoms with Gasteiger partial charge < -0.3 is 19.2 Å². The SMILES string of the molecule is COc1ccc(NC(=O)[C@@H](C)Sc2nnc(-c3ccc(OC)cc3)o2)cc1. The third-order valence-corrected chi connectivity index (χ3v) is 4.68. The van der Waals surface area contributed by atoms with E-state index < -0.39 is 5.25 Å². The van der Waals surface area contributed by atoms with Gasteiger partial charge in [-0.3, -0.25) is 4.79 Å². The molecule has 0 aliphatic heterocycles. The molecule has 0 saturated carbocycles. The third-order valence-electron chi connectivity index (χ3n) is 3.75. The van der Waals surface area contributed by atoms with Crippen molar-refractivity contribution in [2.45, 2.75) is 17.4 Å². The van der Waals surface area contributed by atoms with Crippen LogP contribution in [-0.4, -0.2) is 35.6 Å². The number of rotatable bonds is 7. The molecule has 1 heterocycles. The summed E-state index contributed by atoms with van der Waals surface area (Å²) in [6.45, 7) is 1.78. The molecule has 1 atom stereocenters. The van der Waals surface area contributed by atoms with Crippen LogP contribution in [0.15, 0.2) is 58.2 Å². The Morgan fingerprint density at radius 2 is 1.59 bits per heavy atom. The molecule has 8 heteroatoms. The Morgan fingerprint density at radius 1 is 1.00 bits per heavy atom. The second-order valence-electron chi connectivity index (χ2n) is 5.58. The molecule has 0 saturated heterocycles. The molecule has 27 heavy (non-hydrogen) atoms. The van der Waals surface area contributed by atoms with Crippen molar-refractivity contribution in [3.8, 4) is 23.0 Å². The van der Waals surface area contributed by atoms with Crippen LogP contribution in [0.5, 0.6) is 11.5 Å². The summed E-state index contributed by atoms with van der Waals surface area (Å²) >= 11 is 1.20. The summed E-state index contributed by atoms with van der Waals surface area (Å²) in [5, 5.41) is 10.8. The van der Waals surface area contributed by atoms with Gasteiger partial charge in [-0.1, -0.05) is 11.8 Å². The lowest BCUT2D eigenvalue weighted by Gasteiger charge is -2.10. The number of carbonyl (C=O) groups excluding carboxylic acids is 1. The van der Waals surface area contributed by atoms with Crippen molar-refractivity contribution in [1.82, 2.24) is 10.2 Å². The van der Waals surface area contributed by atoms with E-state index in [1.54, 1.807) is 45.4 Å². The Kier molecular flexibility index (Phi) is 5.97. The van der Waals surface area contributed by atoms with E-state index in [9.17, 15) is 4.79 Å². The van der Waals surface area contributed by atoms with E-state index >= 15 is 0 Å². The number of ether oxygens (including phenoxy) is 2. The lowest BCUT2D eigenvalue weighted by atomic mass is 10.2. The Balaban J connectivity index is 1.60. The van der Waals surface area contributed by atoms with Crippen molar-refractivity contribution >= 4 is 23.4 Å². The van der Waals surface area contributed by atoms with Gasteiger partial charge >= 0.3 is 0 Å². The quantitative estimate of drug-likeness (QED) is 0.618. The smallest absolute Gasteiger partial charge is 0.277 e. The predicted molar refractivity (Wildman–Crippen MR) is 103 cm³/mol. The summed E-state index contributed by atoms with van der Waals surface area (Å²) in [5.74, 6) is 1.71. The van der Waals surface area contributed by atoms with Crippen LogP contribution in [0.3, 0.4) is 0 Å². The topological polar surface area (TPSA) is 86.5 Å². The predicted octanol–water partition coefficient (Wildman–Crippen LogP) is 3.87. The number of thioether (sulfide) groups is 1. The van der Waals surface area contributed by atoms with E-state index in [4.69, 9.17) is 13.9 Å². The molecular formula is C19H19N3O4S. The molecule has 3 rings (SSSR count). The van der Waals surface area contributed by atoms with Gasteiger partial charge in [0.05, 0.1) is 19.5 Å². The maximum absolute atomic E-state index is 12.4. The molecular weight excluding hydrogens is 366 g/mol. The molecule has 0 fully saturated rings. The van der Waals surface area contributed by atoms with Crippen LogP contribution in [0.2, 0.25) is 0 Å². The fourth-order valence-corrected chi connectivity index (χ4v) is 2.91. The van der Waals surface area contributed by atoms with Gasteiger partial charge in [0.2, 0.25) is 11.8 Å². The van der Waals surface area contributed by atoms with Gasteiger partial charge in [0, 0.05) is 11.3 Å². The second kappa shape index (κ2) is 8.59. The molecule has 0 bridgehead atoms. The maximum atomic E-state index is 12.4. The first-order valence-corrected chi connectivity index (χ1v) is 9.06. The molecule has 0 aliphatic rings.